The smallest absolute Gasteiger partial charge is 0.142 e. The van der Waals surface area contributed by atoms with E-state index in [1.54, 1.807) is 14.2 Å². The normalized spacial score (nSPS) is 10.3. The fourth-order valence-electron chi connectivity index (χ4n) is 2.73. The third kappa shape index (κ3) is 5.34. The van der Waals surface area contributed by atoms with Gasteiger partial charge < -0.3 is 20.1 Å². The average molecular weight is 364 g/mol. The van der Waals surface area contributed by atoms with Gasteiger partial charge in [-0.25, -0.2) is 9.97 Å². The van der Waals surface area contributed by atoms with Gasteiger partial charge in [0.1, 0.15) is 29.5 Å². The molecule has 0 radical (unpaired) electrons. The first kappa shape index (κ1) is 18.5. The molecule has 1 heterocycles. The van der Waals surface area contributed by atoms with Gasteiger partial charge in [-0.15, -0.1) is 0 Å². The van der Waals surface area contributed by atoms with Crippen LogP contribution in [0.3, 0.4) is 0 Å². The SMILES string of the molecule is COc1ccc(OC)c(Nc2cc(NCCCc3ccccc3)ncn2)c1. The number of aromatic nitrogens is 2. The lowest BCUT2D eigenvalue weighted by molar-refractivity contribution is 0.405. The molecule has 6 heteroatoms. The molecule has 0 spiro atoms. The molecule has 2 N–H and O–H groups in total. The molecule has 0 atom stereocenters. The largest absolute Gasteiger partial charge is 0.497 e. The van der Waals surface area contributed by atoms with E-state index < -0.39 is 0 Å². The molecule has 0 aliphatic carbocycles. The second-order valence-electron chi connectivity index (χ2n) is 6.00. The van der Waals surface area contributed by atoms with Gasteiger partial charge >= 0.3 is 0 Å². The number of benzene rings is 2. The van der Waals surface area contributed by atoms with Crippen LogP contribution in [0.25, 0.3) is 0 Å². The highest BCUT2D eigenvalue weighted by molar-refractivity contribution is 5.67. The molecule has 1 aromatic heterocycles. The minimum Gasteiger partial charge on any atom is -0.497 e. The third-order valence-electron chi connectivity index (χ3n) is 4.13. The van der Waals surface area contributed by atoms with Crippen molar-refractivity contribution in [2.24, 2.45) is 0 Å². The number of anilines is 3. The summed E-state index contributed by atoms with van der Waals surface area (Å²) in [5.74, 6) is 2.92. The predicted octanol–water partition coefficient (Wildman–Crippen LogP) is 4.28. The minimum absolute atomic E-state index is 0.683. The first-order chi connectivity index (χ1) is 13.3. The fourth-order valence-corrected chi connectivity index (χ4v) is 2.73. The Labute approximate surface area is 159 Å². The van der Waals surface area contributed by atoms with Crippen LogP contribution in [-0.4, -0.2) is 30.7 Å². The van der Waals surface area contributed by atoms with Gasteiger partial charge in [-0.1, -0.05) is 30.3 Å². The highest BCUT2D eigenvalue weighted by Gasteiger charge is 2.07. The minimum atomic E-state index is 0.683. The Kier molecular flexibility index (Phi) is 6.46. The standard InChI is InChI=1S/C21H24N4O2/c1-26-17-10-11-19(27-2)18(13-17)25-21-14-20(23-15-24-21)22-12-6-9-16-7-4-3-5-8-16/h3-5,7-8,10-11,13-15H,6,9,12H2,1-2H3,(H2,22,23,24,25). The van der Waals surface area contributed by atoms with Crippen LogP contribution in [0.1, 0.15) is 12.0 Å². The van der Waals surface area contributed by atoms with E-state index in [1.165, 1.54) is 11.9 Å². The van der Waals surface area contributed by atoms with Gasteiger partial charge in [0.05, 0.1) is 19.9 Å². The molecule has 0 unspecified atom stereocenters. The summed E-state index contributed by atoms with van der Waals surface area (Å²) < 4.78 is 10.7. The Hall–Kier alpha value is -3.28. The summed E-state index contributed by atoms with van der Waals surface area (Å²) in [7, 11) is 3.26. The third-order valence-corrected chi connectivity index (χ3v) is 4.13. The Morgan fingerprint density at radius 3 is 2.48 bits per heavy atom. The maximum atomic E-state index is 5.39. The molecule has 0 fully saturated rings. The van der Waals surface area contributed by atoms with Gasteiger partial charge in [-0.3, -0.25) is 0 Å². The second kappa shape index (κ2) is 9.43. The van der Waals surface area contributed by atoms with Crippen LogP contribution in [0, 0.1) is 0 Å². The Morgan fingerprint density at radius 2 is 1.70 bits per heavy atom. The van der Waals surface area contributed by atoms with Crippen LogP contribution < -0.4 is 20.1 Å². The molecule has 0 aliphatic heterocycles. The van der Waals surface area contributed by atoms with E-state index in [1.807, 2.05) is 30.3 Å². The molecule has 3 rings (SSSR count). The summed E-state index contributed by atoms with van der Waals surface area (Å²) in [5.41, 5.74) is 2.13. The first-order valence-corrected chi connectivity index (χ1v) is 8.87. The molecule has 2 aromatic carbocycles. The molecule has 6 nitrogen and oxygen atoms in total. The van der Waals surface area contributed by atoms with E-state index in [0.717, 1.165) is 36.6 Å². The van der Waals surface area contributed by atoms with E-state index in [4.69, 9.17) is 9.47 Å². The number of nitrogens with one attached hydrogen (secondary N) is 2. The Balaban J connectivity index is 1.59. The van der Waals surface area contributed by atoms with Crippen molar-refractivity contribution in [3.8, 4) is 11.5 Å². The molecule has 0 bridgehead atoms. The van der Waals surface area contributed by atoms with Crippen molar-refractivity contribution in [3.05, 3.63) is 66.5 Å². The van der Waals surface area contributed by atoms with Crippen LogP contribution in [0.5, 0.6) is 11.5 Å². The molecule has 0 saturated carbocycles. The molecule has 0 saturated heterocycles. The monoisotopic (exact) mass is 364 g/mol. The molecule has 0 aliphatic rings. The second-order valence-corrected chi connectivity index (χ2v) is 6.00. The van der Waals surface area contributed by atoms with Crippen molar-refractivity contribution in [2.45, 2.75) is 12.8 Å². The van der Waals surface area contributed by atoms with Crippen LogP contribution in [-0.2, 0) is 6.42 Å². The van der Waals surface area contributed by atoms with Crippen LogP contribution in [0.4, 0.5) is 17.3 Å². The summed E-state index contributed by atoms with van der Waals surface area (Å²) in [6.07, 6.45) is 3.60. The van der Waals surface area contributed by atoms with Crippen molar-refractivity contribution in [3.63, 3.8) is 0 Å². The number of methoxy groups -OCH3 is 2. The predicted molar refractivity (Wildman–Crippen MR) is 108 cm³/mol. The maximum absolute atomic E-state index is 5.39. The van der Waals surface area contributed by atoms with E-state index in [0.29, 0.717) is 11.6 Å². The summed E-state index contributed by atoms with van der Waals surface area (Å²) in [6.45, 7) is 0.841. The summed E-state index contributed by atoms with van der Waals surface area (Å²) in [6, 6.07) is 17.9. The van der Waals surface area contributed by atoms with Gasteiger partial charge in [0.2, 0.25) is 0 Å². The number of hydrogen-bond donors (Lipinski definition) is 2. The lowest BCUT2D eigenvalue weighted by atomic mass is 10.1. The van der Waals surface area contributed by atoms with Crippen molar-refractivity contribution >= 4 is 17.3 Å². The number of hydrogen-bond acceptors (Lipinski definition) is 6. The maximum Gasteiger partial charge on any atom is 0.142 e. The first-order valence-electron chi connectivity index (χ1n) is 8.87. The van der Waals surface area contributed by atoms with Gasteiger partial charge in [0.15, 0.2) is 0 Å². The number of nitrogens with zero attached hydrogens (tertiary/aromatic N) is 2. The zero-order chi connectivity index (χ0) is 18.9. The van der Waals surface area contributed by atoms with E-state index in [2.05, 4.69) is 44.9 Å². The van der Waals surface area contributed by atoms with Gasteiger partial charge in [0, 0.05) is 18.7 Å². The molecular formula is C21H24N4O2. The lowest BCUT2D eigenvalue weighted by Crippen LogP contribution is -2.06. The zero-order valence-electron chi connectivity index (χ0n) is 15.6. The summed E-state index contributed by atoms with van der Waals surface area (Å²) in [5, 5.41) is 6.60. The van der Waals surface area contributed by atoms with Crippen molar-refractivity contribution in [1.29, 1.82) is 0 Å². The molecule has 3 aromatic rings. The Bertz CT molecular complexity index is 856. The summed E-state index contributed by atoms with van der Waals surface area (Å²) >= 11 is 0. The van der Waals surface area contributed by atoms with Gasteiger partial charge in [-0.05, 0) is 30.5 Å². The molecule has 27 heavy (non-hydrogen) atoms. The lowest BCUT2D eigenvalue weighted by Gasteiger charge is -2.13. The van der Waals surface area contributed by atoms with E-state index in [-0.39, 0.29) is 0 Å². The zero-order valence-corrected chi connectivity index (χ0v) is 15.6. The number of aryl methyl sites for hydroxylation is 1. The molecule has 0 amide bonds. The highest BCUT2D eigenvalue weighted by atomic mass is 16.5. The van der Waals surface area contributed by atoms with Crippen molar-refractivity contribution < 1.29 is 9.47 Å². The van der Waals surface area contributed by atoms with Crippen LogP contribution in [0.2, 0.25) is 0 Å². The fraction of sp³-hybridized carbons (Fsp3) is 0.238. The van der Waals surface area contributed by atoms with Crippen molar-refractivity contribution in [2.75, 3.05) is 31.4 Å². The van der Waals surface area contributed by atoms with Crippen LogP contribution in [0.15, 0.2) is 60.9 Å². The van der Waals surface area contributed by atoms with Gasteiger partial charge in [0.25, 0.3) is 0 Å². The molecule has 140 valence electrons. The van der Waals surface area contributed by atoms with Crippen LogP contribution >= 0.6 is 0 Å². The van der Waals surface area contributed by atoms with E-state index >= 15 is 0 Å². The molecular weight excluding hydrogens is 340 g/mol. The van der Waals surface area contributed by atoms with E-state index in [9.17, 15) is 0 Å². The Morgan fingerprint density at radius 1 is 0.889 bits per heavy atom. The van der Waals surface area contributed by atoms with Gasteiger partial charge in [-0.2, -0.15) is 0 Å². The summed E-state index contributed by atoms with van der Waals surface area (Å²) in [4.78, 5) is 8.57. The quantitative estimate of drug-likeness (QED) is 0.552. The highest BCUT2D eigenvalue weighted by Crippen LogP contribution is 2.31. The number of ether oxygens (including phenoxy) is 2. The average Bonchev–Trinajstić information content (AvgIpc) is 2.72. The van der Waals surface area contributed by atoms with Crippen molar-refractivity contribution in [1.82, 2.24) is 9.97 Å². The topological polar surface area (TPSA) is 68.3 Å². The number of rotatable bonds is 9.